The highest BCUT2D eigenvalue weighted by molar-refractivity contribution is 6.05. The van der Waals surface area contributed by atoms with Gasteiger partial charge in [0.1, 0.15) is 5.75 Å². The van der Waals surface area contributed by atoms with E-state index in [1.54, 1.807) is 7.11 Å². The van der Waals surface area contributed by atoms with E-state index in [1.807, 2.05) is 79.7 Å². The van der Waals surface area contributed by atoms with Gasteiger partial charge in [0.2, 0.25) is 5.91 Å². The number of nitrogens with zero attached hydrogens (tertiary/aromatic N) is 1. The normalized spacial score (nSPS) is 11.6. The van der Waals surface area contributed by atoms with E-state index in [0.29, 0.717) is 17.0 Å². The van der Waals surface area contributed by atoms with Gasteiger partial charge < -0.3 is 10.1 Å². The Hall–Kier alpha value is -3.93. The lowest BCUT2D eigenvalue weighted by Crippen LogP contribution is -2.21. The first-order valence-corrected chi connectivity index (χ1v) is 11.1. The van der Waals surface area contributed by atoms with Gasteiger partial charge in [-0.25, -0.2) is 5.43 Å². The second kappa shape index (κ2) is 10.8. The predicted octanol–water partition coefficient (Wildman–Crippen LogP) is 5.33. The second-order valence-corrected chi connectivity index (χ2v) is 9.12. The fourth-order valence-electron chi connectivity index (χ4n) is 3.30. The second-order valence-electron chi connectivity index (χ2n) is 9.12. The number of carbonyl (C=O) groups excluding carboxylic acids is 2. The van der Waals surface area contributed by atoms with Crippen molar-refractivity contribution in [2.24, 2.45) is 5.10 Å². The lowest BCUT2D eigenvalue weighted by molar-refractivity contribution is -0.120. The van der Waals surface area contributed by atoms with Crippen LogP contribution in [0.5, 0.6) is 5.75 Å². The molecule has 6 nitrogen and oxygen atoms in total. The van der Waals surface area contributed by atoms with Crippen LogP contribution >= 0.6 is 0 Å². The summed E-state index contributed by atoms with van der Waals surface area (Å²) in [5.74, 6) is 0.381. The van der Waals surface area contributed by atoms with E-state index < -0.39 is 0 Å². The topological polar surface area (TPSA) is 79.8 Å². The molecule has 2 N–H and O–H groups in total. The standard InChI is InChI=1S/C28H31N3O3/c1-19(30-31-26(32)18-20-6-16-25(34-5)17-7-20)21-10-14-24(15-11-21)29-27(33)22-8-12-23(13-9-22)28(2,3)4/h6-17H,18H2,1-5H3,(H,29,33)(H,31,32)/b30-19-. The zero-order valence-electron chi connectivity index (χ0n) is 20.3. The summed E-state index contributed by atoms with van der Waals surface area (Å²) in [6.07, 6.45) is 0.225. The van der Waals surface area contributed by atoms with E-state index in [4.69, 9.17) is 4.74 Å². The highest BCUT2D eigenvalue weighted by Gasteiger charge is 2.14. The van der Waals surface area contributed by atoms with E-state index in [0.717, 1.165) is 16.9 Å². The number of amides is 2. The third-order valence-electron chi connectivity index (χ3n) is 5.45. The summed E-state index contributed by atoms with van der Waals surface area (Å²) in [5, 5.41) is 7.11. The van der Waals surface area contributed by atoms with Gasteiger partial charge in [-0.2, -0.15) is 5.10 Å². The Kier molecular flexibility index (Phi) is 7.84. The van der Waals surface area contributed by atoms with Crippen LogP contribution in [0.2, 0.25) is 0 Å². The maximum atomic E-state index is 12.6. The fraction of sp³-hybridized carbons (Fsp3) is 0.250. The first-order chi connectivity index (χ1) is 16.2. The van der Waals surface area contributed by atoms with E-state index in [9.17, 15) is 9.59 Å². The molecule has 0 heterocycles. The Morgan fingerprint density at radius 1 is 0.853 bits per heavy atom. The van der Waals surface area contributed by atoms with Crippen molar-refractivity contribution in [3.63, 3.8) is 0 Å². The average molecular weight is 458 g/mol. The molecule has 176 valence electrons. The molecule has 6 heteroatoms. The molecule has 0 aliphatic carbocycles. The summed E-state index contributed by atoms with van der Waals surface area (Å²) in [6.45, 7) is 8.24. The molecule has 0 aliphatic rings. The summed E-state index contributed by atoms with van der Waals surface area (Å²) < 4.78 is 5.12. The van der Waals surface area contributed by atoms with Crippen molar-refractivity contribution in [3.8, 4) is 5.75 Å². The Morgan fingerprint density at radius 3 is 2.00 bits per heavy atom. The van der Waals surface area contributed by atoms with Gasteiger partial charge >= 0.3 is 0 Å². The van der Waals surface area contributed by atoms with Gasteiger partial charge in [-0.05, 0) is 65.4 Å². The van der Waals surface area contributed by atoms with E-state index in [1.165, 1.54) is 5.56 Å². The van der Waals surface area contributed by atoms with Crippen molar-refractivity contribution in [3.05, 3.63) is 95.1 Å². The maximum Gasteiger partial charge on any atom is 0.255 e. The summed E-state index contributed by atoms with van der Waals surface area (Å²) in [4.78, 5) is 24.8. The monoisotopic (exact) mass is 457 g/mol. The molecule has 0 aromatic heterocycles. The minimum atomic E-state index is -0.203. The van der Waals surface area contributed by atoms with E-state index in [2.05, 4.69) is 36.6 Å². The van der Waals surface area contributed by atoms with Crippen LogP contribution in [-0.2, 0) is 16.6 Å². The SMILES string of the molecule is COc1ccc(CC(=O)N/N=C(/C)c2ccc(NC(=O)c3ccc(C(C)(C)C)cc3)cc2)cc1. The zero-order valence-corrected chi connectivity index (χ0v) is 20.3. The van der Waals surface area contributed by atoms with Crippen LogP contribution in [0, 0.1) is 0 Å². The highest BCUT2D eigenvalue weighted by atomic mass is 16.5. The molecule has 0 aliphatic heterocycles. The van der Waals surface area contributed by atoms with Crippen LogP contribution in [0.4, 0.5) is 5.69 Å². The van der Waals surface area contributed by atoms with Crippen molar-refractivity contribution in [2.75, 3.05) is 12.4 Å². The Bertz CT molecular complexity index is 1160. The molecule has 34 heavy (non-hydrogen) atoms. The predicted molar refractivity (Wildman–Crippen MR) is 137 cm³/mol. The Morgan fingerprint density at radius 2 is 1.44 bits per heavy atom. The Labute approximate surface area is 201 Å². The molecule has 0 saturated carbocycles. The van der Waals surface area contributed by atoms with Crippen LogP contribution in [0.1, 0.15) is 54.7 Å². The molecular formula is C28H31N3O3. The van der Waals surface area contributed by atoms with Gasteiger partial charge in [0, 0.05) is 11.3 Å². The largest absolute Gasteiger partial charge is 0.497 e. The van der Waals surface area contributed by atoms with Crippen LogP contribution in [0.25, 0.3) is 0 Å². The summed E-state index contributed by atoms with van der Waals surface area (Å²) in [5.41, 5.74) is 7.49. The summed E-state index contributed by atoms with van der Waals surface area (Å²) >= 11 is 0. The number of hydrogen-bond donors (Lipinski definition) is 2. The summed E-state index contributed by atoms with van der Waals surface area (Å²) in [7, 11) is 1.60. The number of methoxy groups -OCH3 is 1. The van der Waals surface area contributed by atoms with Crippen molar-refractivity contribution in [1.82, 2.24) is 5.43 Å². The molecule has 0 atom stereocenters. The van der Waals surface area contributed by atoms with Crippen molar-refractivity contribution in [2.45, 2.75) is 39.5 Å². The van der Waals surface area contributed by atoms with Crippen LogP contribution in [-0.4, -0.2) is 24.6 Å². The minimum Gasteiger partial charge on any atom is -0.497 e. The van der Waals surface area contributed by atoms with Crippen LogP contribution < -0.4 is 15.5 Å². The van der Waals surface area contributed by atoms with Crippen molar-refractivity contribution < 1.29 is 14.3 Å². The number of ether oxygens (including phenoxy) is 1. The lowest BCUT2D eigenvalue weighted by Gasteiger charge is -2.19. The quantitative estimate of drug-likeness (QED) is 0.372. The summed E-state index contributed by atoms with van der Waals surface area (Å²) in [6, 6.07) is 22.3. The molecule has 0 saturated heterocycles. The maximum absolute atomic E-state index is 12.6. The molecule has 0 fully saturated rings. The fourth-order valence-corrected chi connectivity index (χ4v) is 3.30. The minimum absolute atomic E-state index is 0.0411. The first kappa shape index (κ1) is 24.7. The van der Waals surface area contributed by atoms with Crippen molar-refractivity contribution in [1.29, 1.82) is 0 Å². The van der Waals surface area contributed by atoms with Crippen molar-refractivity contribution >= 4 is 23.2 Å². The third kappa shape index (κ3) is 6.78. The molecule has 0 unspecified atom stereocenters. The van der Waals surface area contributed by atoms with Crippen LogP contribution in [0.3, 0.4) is 0 Å². The molecule has 3 aromatic carbocycles. The average Bonchev–Trinajstić information content (AvgIpc) is 2.83. The van der Waals surface area contributed by atoms with Crippen LogP contribution in [0.15, 0.2) is 77.9 Å². The van der Waals surface area contributed by atoms with E-state index in [-0.39, 0.29) is 23.7 Å². The lowest BCUT2D eigenvalue weighted by atomic mass is 9.87. The molecule has 0 spiro atoms. The van der Waals surface area contributed by atoms with Gasteiger partial charge in [0.25, 0.3) is 5.91 Å². The molecule has 3 aromatic rings. The van der Waals surface area contributed by atoms with E-state index >= 15 is 0 Å². The first-order valence-electron chi connectivity index (χ1n) is 11.1. The molecule has 2 amide bonds. The van der Waals surface area contributed by atoms with Gasteiger partial charge in [-0.3, -0.25) is 9.59 Å². The van der Waals surface area contributed by atoms with Gasteiger partial charge in [0.05, 0.1) is 19.2 Å². The molecule has 0 bridgehead atoms. The molecule has 0 radical (unpaired) electrons. The number of hydrazone groups is 1. The Balaban J connectivity index is 1.55. The van der Waals surface area contributed by atoms with Gasteiger partial charge in [0.15, 0.2) is 0 Å². The van der Waals surface area contributed by atoms with Gasteiger partial charge in [-0.15, -0.1) is 0 Å². The molecule has 3 rings (SSSR count). The third-order valence-corrected chi connectivity index (χ3v) is 5.45. The smallest absolute Gasteiger partial charge is 0.255 e. The van der Waals surface area contributed by atoms with Gasteiger partial charge in [-0.1, -0.05) is 57.2 Å². The zero-order chi connectivity index (χ0) is 24.7. The number of anilines is 1. The number of nitrogens with one attached hydrogen (secondary N) is 2. The number of carbonyl (C=O) groups is 2. The number of benzene rings is 3. The number of rotatable bonds is 7. The molecular weight excluding hydrogens is 426 g/mol. The number of hydrogen-bond acceptors (Lipinski definition) is 4. The highest BCUT2D eigenvalue weighted by Crippen LogP contribution is 2.22.